The number of rotatable bonds is 10. The van der Waals surface area contributed by atoms with E-state index in [0.29, 0.717) is 19.5 Å². The Morgan fingerprint density at radius 1 is 0.676 bits per heavy atom. The molecule has 0 spiro atoms. The molecule has 0 aliphatic carbocycles. The second kappa shape index (κ2) is 11.8. The monoisotopic (exact) mass is 513 g/mol. The van der Waals surface area contributed by atoms with Crippen molar-refractivity contribution in [2.45, 2.75) is 31.5 Å². The zero-order chi connectivity index (χ0) is 23.8. The Hall–Kier alpha value is -3.21. The van der Waals surface area contributed by atoms with E-state index in [2.05, 4.69) is 57.2 Å². The molecule has 4 rings (SSSR count). The topological polar surface area (TPSA) is 40.5 Å². The number of nitrogens with zero attached hydrogens (tertiary/aromatic N) is 1. The highest BCUT2D eigenvalue weighted by Gasteiger charge is 2.35. The number of benzene rings is 4. The Bertz CT molecular complexity index is 1120. The lowest BCUT2D eigenvalue weighted by molar-refractivity contribution is -0.145. The van der Waals surface area contributed by atoms with E-state index < -0.39 is 12.0 Å². The van der Waals surface area contributed by atoms with Crippen LogP contribution in [0.15, 0.2) is 120 Å². The maximum absolute atomic E-state index is 12.9. The molecule has 0 aliphatic rings. The van der Waals surface area contributed by atoms with Crippen LogP contribution in [0.4, 0.5) is 0 Å². The van der Waals surface area contributed by atoms with Gasteiger partial charge in [-0.3, -0.25) is 9.69 Å². The maximum Gasteiger partial charge on any atom is 0.321 e. The van der Waals surface area contributed by atoms with Crippen molar-refractivity contribution in [2.24, 2.45) is 0 Å². The first kappa shape index (κ1) is 23.9. The largest absolute Gasteiger partial charge is 0.480 e. The molecular formula is C30H28BrNO2. The lowest BCUT2D eigenvalue weighted by atomic mass is 9.84. The molecule has 0 fully saturated rings. The molecule has 0 bridgehead atoms. The zero-order valence-corrected chi connectivity index (χ0v) is 20.5. The van der Waals surface area contributed by atoms with E-state index in [1.165, 1.54) is 0 Å². The van der Waals surface area contributed by atoms with Crippen LogP contribution in [0, 0.1) is 0 Å². The fourth-order valence-electron chi connectivity index (χ4n) is 4.46. The quantitative estimate of drug-likeness (QED) is 0.250. The van der Waals surface area contributed by atoms with Gasteiger partial charge in [-0.2, -0.15) is 0 Å². The predicted molar refractivity (Wildman–Crippen MR) is 141 cm³/mol. The van der Waals surface area contributed by atoms with Crippen molar-refractivity contribution in [2.75, 3.05) is 0 Å². The standard InChI is InChI=1S/C30H28BrNO2/c31-27-18-16-26(17-19-27)28(20-23-10-4-1-5-11-23)29(30(33)34)32(21-24-12-6-2-7-13-24)22-25-14-8-3-9-15-25/h1-19,28-29H,20-22H2,(H,33,34)/t28?,29-/m0/s1. The summed E-state index contributed by atoms with van der Waals surface area (Å²) in [6.45, 7) is 1.10. The fraction of sp³-hybridized carbons (Fsp3) is 0.167. The molecule has 2 atom stereocenters. The first-order valence-corrected chi connectivity index (χ1v) is 12.2. The minimum Gasteiger partial charge on any atom is -0.480 e. The van der Waals surface area contributed by atoms with Crippen molar-refractivity contribution in [3.63, 3.8) is 0 Å². The molecule has 4 heteroatoms. The number of aliphatic carboxylic acids is 1. The van der Waals surface area contributed by atoms with Gasteiger partial charge in [0.15, 0.2) is 0 Å². The summed E-state index contributed by atoms with van der Waals surface area (Å²) in [6.07, 6.45) is 0.638. The Balaban J connectivity index is 1.76. The van der Waals surface area contributed by atoms with E-state index in [4.69, 9.17) is 0 Å². The van der Waals surface area contributed by atoms with E-state index in [9.17, 15) is 9.90 Å². The normalized spacial score (nSPS) is 12.9. The summed E-state index contributed by atoms with van der Waals surface area (Å²) in [7, 11) is 0. The molecule has 0 aliphatic heterocycles. The van der Waals surface area contributed by atoms with Crippen LogP contribution in [0.3, 0.4) is 0 Å². The van der Waals surface area contributed by atoms with Crippen molar-refractivity contribution in [1.29, 1.82) is 0 Å². The van der Waals surface area contributed by atoms with Crippen LogP contribution >= 0.6 is 15.9 Å². The Labute approximate surface area is 209 Å². The van der Waals surface area contributed by atoms with Crippen molar-refractivity contribution >= 4 is 21.9 Å². The lowest BCUT2D eigenvalue weighted by Crippen LogP contribution is -2.45. The van der Waals surface area contributed by atoms with Crippen LogP contribution in [0.5, 0.6) is 0 Å². The van der Waals surface area contributed by atoms with Crippen molar-refractivity contribution in [3.8, 4) is 0 Å². The van der Waals surface area contributed by atoms with Gasteiger partial charge in [-0.05, 0) is 40.8 Å². The number of hydrogen-bond donors (Lipinski definition) is 1. The molecule has 0 aromatic heterocycles. The average Bonchev–Trinajstić information content (AvgIpc) is 2.86. The highest BCUT2D eigenvalue weighted by molar-refractivity contribution is 9.10. The molecule has 3 nitrogen and oxygen atoms in total. The predicted octanol–water partition coefficient (Wildman–Crippen LogP) is 6.93. The van der Waals surface area contributed by atoms with Gasteiger partial charge in [0.1, 0.15) is 6.04 Å². The lowest BCUT2D eigenvalue weighted by Gasteiger charge is -2.35. The van der Waals surface area contributed by atoms with Gasteiger partial charge in [0.2, 0.25) is 0 Å². The summed E-state index contributed by atoms with van der Waals surface area (Å²) >= 11 is 3.52. The molecular weight excluding hydrogens is 486 g/mol. The van der Waals surface area contributed by atoms with Crippen molar-refractivity contribution in [3.05, 3.63) is 142 Å². The van der Waals surface area contributed by atoms with Gasteiger partial charge in [-0.1, -0.05) is 119 Å². The molecule has 4 aromatic carbocycles. The minimum atomic E-state index is -0.810. The van der Waals surface area contributed by atoms with Gasteiger partial charge in [0, 0.05) is 23.5 Å². The molecule has 0 heterocycles. The average molecular weight is 514 g/mol. The van der Waals surface area contributed by atoms with Crippen LogP contribution in [0.25, 0.3) is 0 Å². The summed E-state index contributed by atoms with van der Waals surface area (Å²) in [5.41, 5.74) is 4.34. The molecule has 1 unspecified atom stereocenters. The van der Waals surface area contributed by atoms with Gasteiger partial charge in [-0.25, -0.2) is 0 Å². The summed E-state index contributed by atoms with van der Waals surface area (Å²) in [6, 6.07) is 37.7. The van der Waals surface area contributed by atoms with E-state index >= 15 is 0 Å². The zero-order valence-electron chi connectivity index (χ0n) is 18.9. The summed E-state index contributed by atoms with van der Waals surface area (Å²) in [5.74, 6) is -1.03. The third-order valence-corrected chi connectivity index (χ3v) is 6.61. The Kier molecular flexibility index (Phi) is 8.29. The second-order valence-corrected chi connectivity index (χ2v) is 9.42. The summed E-state index contributed by atoms with van der Waals surface area (Å²) in [4.78, 5) is 15.0. The van der Waals surface area contributed by atoms with Crippen LogP contribution in [-0.2, 0) is 24.3 Å². The second-order valence-electron chi connectivity index (χ2n) is 8.51. The molecule has 4 aromatic rings. The number of halogens is 1. The first-order chi connectivity index (χ1) is 16.6. The molecule has 0 saturated carbocycles. The molecule has 34 heavy (non-hydrogen) atoms. The van der Waals surface area contributed by atoms with E-state index in [-0.39, 0.29) is 5.92 Å². The van der Waals surface area contributed by atoms with Gasteiger partial charge in [-0.15, -0.1) is 0 Å². The Morgan fingerprint density at radius 3 is 1.56 bits per heavy atom. The van der Waals surface area contributed by atoms with Crippen molar-refractivity contribution < 1.29 is 9.90 Å². The van der Waals surface area contributed by atoms with Crippen LogP contribution in [0.1, 0.15) is 28.2 Å². The first-order valence-electron chi connectivity index (χ1n) is 11.4. The molecule has 0 amide bonds. The SMILES string of the molecule is O=C(O)[C@H](C(Cc1ccccc1)c1ccc(Br)cc1)N(Cc1ccccc1)Cc1ccccc1. The summed E-state index contributed by atoms with van der Waals surface area (Å²) < 4.78 is 0.979. The van der Waals surface area contributed by atoms with Gasteiger partial charge < -0.3 is 5.11 Å². The number of carboxylic acid groups (broad SMARTS) is 1. The number of carboxylic acids is 1. The minimum absolute atomic E-state index is 0.222. The smallest absolute Gasteiger partial charge is 0.321 e. The summed E-state index contributed by atoms with van der Waals surface area (Å²) in [5, 5.41) is 10.6. The van der Waals surface area contributed by atoms with Crippen LogP contribution in [0.2, 0.25) is 0 Å². The molecule has 172 valence electrons. The van der Waals surface area contributed by atoms with Gasteiger partial charge >= 0.3 is 5.97 Å². The number of hydrogen-bond acceptors (Lipinski definition) is 2. The number of carbonyl (C=O) groups is 1. The third-order valence-electron chi connectivity index (χ3n) is 6.08. The van der Waals surface area contributed by atoms with Crippen LogP contribution in [-0.4, -0.2) is 22.0 Å². The van der Waals surface area contributed by atoms with Crippen molar-refractivity contribution in [1.82, 2.24) is 4.90 Å². The highest BCUT2D eigenvalue weighted by Crippen LogP contribution is 2.31. The third kappa shape index (κ3) is 6.43. The van der Waals surface area contributed by atoms with E-state index in [1.54, 1.807) is 0 Å². The van der Waals surface area contributed by atoms with Crippen LogP contribution < -0.4 is 0 Å². The van der Waals surface area contributed by atoms with E-state index in [0.717, 1.165) is 26.7 Å². The van der Waals surface area contributed by atoms with Gasteiger partial charge in [0.25, 0.3) is 0 Å². The van der Waals surface area contributed by atoms with E-state index in [1.807, 2.05) is 78.9 Å². The highest BCUT2D eigenvalue weighted by atomic mass is 79.9. The Morgan fingerprint density at radius 2 is 1.12 bits per heavy atom. The maximum atomic E-state index is 12.9. The fourth-order valence-corrected chi connectivity index (χ4v) is 4.73. The molecule has 1 N–H and O–H groups in total. The van der Waals surface area contributed by atoms with Gasteiger partial charge in [0.05, 0.1) is 0 Å². The molecule has 0 saturated heterocycles. The molecule has 0 radical (unpaired) electrons.